The summed E-state index contributed by atoms with van der Waals surface area (Å²) in [5.74, 6) is 0. The molecule has 0 fully saturated rings. The van der Waals surface area contributed by atoms with Gasteiger partial charge in [0.2, 0.25) is 0 Å². The molecular formula is C5H16N3+. The quantitative estimate of drug-likeness (QED) is 0.358. The highest BCUT2D eigenvalue weighted by Gasteiger charge is 2.15. The van der Waals surface area contributed by atoms with Crippen molar-refractivity contribution in [3.05, 3.63) is 0 Å². The van der Waals surface area contributed by atoms with Crippen molar-refractivity contribution in [3.63, 3.8) is 0 Å². The summed E-state index contributed by atoms with van der Waals surface area (Å²) in [7, 11) is 6.08. The van der Waals surface area contributed by atoms with Gasteiger partial charge < -0.3 is 10.2 Å². The van der Waals surface area contributed by atoms with E-state index in [1.807, 2.05) is 21.1 Å². The molecule has 0 heterocycles. The Kier molecular flexibility index (Phi) is 2.40. The third-order valence-electron chi connectivity index (χ3n) is 1.24. The van der Waals surface area contributed by atoms with Crippen LogP contribution >= 0.6 is 0 Å². The van der Waals surface area contributed by atoms with Crippen molar-refractivity contribution >= 4 is 0 Å². The van der Waals surface area contributed by atoms with Crippen molar-refractivity contribution in [2.45, 2.75) is 6.17 Å². The lowest BCUT2D eigenvalue weighted by Crippen LogP contribution is -2.54. The summed E-state index contributed by atoms with van der Waals surface area (Å²) in [6.45, 7) is 0.545. The van der Waals surface area contributed by atoms with Gasteiger partial charge >= 0.3 is 0 Å². The molecule has 4 N–H and O–H groups in total. The standard InChI is InChI=1S/C5H16N3/c1-8(2,3)5(7)4-6/h5H,4,6-7H2,1-3H3/q+1. The zero-order valence-corrected chi connectivity index (χ0v) is 5.89. The van der Waals surface area contributed by atoms with Crippen LogP contribution in [0.25, 0.3) is 0 Å². The van der Waals surface area contributed by atoms with E-state index in [1.165, 1.54) is 0 Å². The molecule has 1 unspecified atom stereocenters. The number of nitrogens with zero attached hydrogens (tertiary/aromatic N) is 1. The molecule has 0 bridgehead atoms. The van der Waals surface area contributed by atoms with E-state index in [2.05, 4.69) is 0 Å². The van der Waals surface area contributed by atoms with Crippen LogP contribution in [0.2, 0.25) is 0 Å². The Morgan fingerprint density at radius 2 is 1.75 bits per heavy atom. The van der Waals surface area contributed by atoms with E-state index in [1.54, 1.807) is 0 Å². The maximum Gasteiger partial charge on any atom is 0.152 e. The van der Waals surface area contributed by atoms with Gasteiger partial charge in [0.05, 0.1) is 27.7 Å². The molecule has 0 aromatic rings. The molecule has 0 aliphatic rings. The third-order valence-corrected chi connectivity index (χ3v) is 1.24. The van der Waals surface area contributed by atoms with Gasteiger partial charge in [-0.2, -0.15) is 0 Å². The predicted molar refractivity (Wildman–Crippen MR) is 35.1 cm³/mol. The number of likely N-dealkylation sites (N-methyl/N-ethyl adjacent to an activating group) is 1. The fourth-order valence-electron chi connectivity index (χ4n) is 0.316. The molecule has 0 aliphatic carbocycles. The molecule has 8 heavy (non-hydrogen) atoms. The van der Waals surface area contributed by atoms with Crippen LogP contribution in [0.3, 0.4) is 0 Å². The minimum Gasteiger partial charge on any atom is -0.324 e. The normalized spacial score (nSPS) is 16.1. The minimum atomic E-state index is 0.0648. The zero-order chi connectivity index (χ0) is 6.78. The predicted octanol–water partition coefficient (Wildman–Crippen LogP) is -1.06. The number of hydrogen-bond donors (Lipinski definition) is 2. The van der Waals surface area contributed by atoms with Crippen LogP contribution in [0.15, 0.2) is 0 Å². The third kappa shape index (κ3) is 2.26. The number of quaternary nitrogens is 1. The van der Waals surface area contributed by atoms with Gasteiger partial charge in [0.15, 0.2) is 6.17 Å². The first-order valence-electron chi connectivity index (χ1n) is 2.75. The van der Waals surface area contributed by atoms with Gasteiger partial charge in [-0.1, -0.05) is 0 Å². The molecule has 3 nitrogen and oxygen atoms in total. The SMILES string of the molecule is C[N+](C)(C)C(N)CN. The summed E-state index contributed by atoms with van der Waals surface area (Å²) in [5, 5.41) is 0. The van der Waals surface area contributed by atoms with E-state index in [0.717, 1.165) is 4.48 Å². The van der Waals surface area contributed by atoms with Crippen LogP contribution in [0.1, 0.15) is 0 Å². The summed E-state index contributed by atoms with van der Waals surface area (Å²) in [6, 6.07) is 0. The fourth-order valence-corrected chi connectivity index (χ4v) is 0.316. The van der Waals surface area contributed by atoms with Crippen molar-refractivity contribution in [3.8, 4) is 0 Å². The maximum atomic E-state index is 5.60. The molecule has 0 radical (unpaired) electrons. The molecule has 0 amide bonds. The Morgan fingerprint density at radius 3 is 1.75 bits per heavy atom. The fraction of sp³-hybridized carbons (Fsp3) is 1.00. The van der Waals surface area contributed by atoms with Gasteiger partial charge in [-0.25, -0.2) is 0 Å². The topological polar surface area (TPSA) is 52.0 Å². The van der Waals surface area contributed by atoms with E-state index in [-0.39, 0.29) is 6.17 Å². The van der Waals surface area contributed by atoms with Crippen molar-refractivity contribution in [2.75, 3.05) is 27.7 Å². The van der Waals surface area contributed by atoms with Crippen molar-refractivity contribution in [1.82, 2.24) is 0 Å². The Labute approximate surface area is 50.8 Å². The van der Waals surface area contributed by atoms with Gasteiger partial charge in [0.1, 0.15) is 0 Å². The minimum absolute atomic E-state index is 0.0648. The van der Waals surface area contributed by atoms with Crippen molar-refractivity contribution < 1.29 is 4.48 Å². The highest BCUT2D eigenvalue weighted by Crippen LogP contribution is 1.91. The average Bonchev–Trinajstić information content (AvgIpc) is 1.62. The van der Waals surface area contributed by atoms with Gasteiger partial charge in [-0.15, -0.1) is 0 Å². The van der Waals surface area contributed by atoms with Crippen molar-refractivity contribution in [1.29, 1.82) is 0 Å². The Balaban J connectivity index is 3.62. The summed E-state index contributed by atoms with van der Waals surface area (Å²) in [6.07, 6.45) is 0.0648. The Bertz CT molecular complexity index is 64.6. The average molecular weight is 118 g/mol. The van der Waals surface area contributed by atoms with E-state index < -0.39 is 0 Å². The Hall–Kier alpha value is -0.120. The monoisotopic (exact) mass is 118 g/mol. The molecule has 0 aromatic heterocycles. The second-order valence-electron chi connectivity index (χ2n) is 2.92. The molecule has 0 aliphatic heterocycles. The first-order valence-corrected chi connectivity index (χ1v) is 2.75. The molecule has 0 spiro atoms. The lowest BCUT2D eigenvalue weighted by atomic mass is 10.4. The lowest BCUT2D eigenvalue weighted by Gasteiger charge is -2.29. The first kappa shape index (κ1) is 7.88. The van der Waals surface area contributed by atoms with Crippen LogP contribution in [-0.2, 0) is 0 Å². The summed E-state index contributed by atoms with van der Waals surface area (Å²) in [5.41, 5.74) is 10.9. The highest BCUT2D eigenvalue weighted by atomic mass is 15.4. The van der Waals surface area contributed by atoms with E-state index in [9.17, 15) is 0 Å². The van der Waals surface area contributed by atoms with E-state index in [0.29, 0.717) is 6.54 Å². The summed E-state index contributed by atoms with van der Waals surface area (Å²) >= 11 is 0. The van der Waals surface area contributed by atoms with Gasteiger partial charge in [-0.05, 0) is 0 Å². The van der Waals surface area contributed by atoms with E-state index in [4.69, 9.17) is 11.5 Å². The van der Waals surface area contributed by atoms with Crippen LogP contribution < -0.4 is 11.5 Å². The number of nitrogens with two attached hydrogens (primary N) is 2. The lowest BCUT2D eigenvalue weighted by molar-refractivity contribution is -0.894. The van der Waals surface area contributed by atoms with Crippen LogP contribution in [0, 0.1) is 0 Å². The molecule has 1 atom stereocenters. The molecular weight excluding hydrogens is 102 g/mol. The molecule has 0 rings (SSSR count). The van der Waals surface area contributed by atoms with Gasteiger partial charge in [0.25, 0.3) is 0 Å². The Morgan fingerprint density at radius 1 is 1.38 bits per heavy atom. The molecule has 0 saturated heterocycles. The number of hydrogen-bond acceptors (Lipinski definition) is 2. The largest absolute Gasteiger partial charge is 0.324 e. The van der Waals surface area contributed by atoms with Crippen LogP contribution in [0.4, 0.5) is 0 Å². The first-order chi connectivity index (χ1) is 3.48. The second kappa shape index (κ2) is 2.44. The van der Waals surface area contributed by atoms with Crippen LogP contribution in [-0.4, -0.2) is 38.3 Å². The maximum absolute atomic E-state index is 5.60. The zero-order valence-electron chi connectivity index (χ0n) is 5.89. The molecule has 0 saturated carbocycles. The van der Waals surface area contributed by atoms with Crippen LogP contribution in [0.5, 0.6) is 0 Å². The smallest absolute Gasteiger partial charge is 0.152 e. The molecule has 3 heteroatoms. The summed E-state index contributed by atoms with van der Waals surface area (Å²) in [4.78, 5) is 0. The molecule has 50 valence electrons. The highest BCUT2D eigenvalue weighted by molar-refractivity contribution is 4.44. The molecule has 0 aromatic carbocycles. The summed E-state index contributed by atoms with van der Waals surface area (Å²) < 4.78 is 0.733. The van der Waals surface area contributed by atoms with Gasteiger partial charge in [-0.3, -0.25) is 5.73 Å². The van der Waals surface area contributed by atoms with Gasteiger partial charge in [0, 0.05) is 0 Å². The van der Waals surface area contributed by atoms with E-state index >= 15 is 0 Å². The second-order valence-corrected chi connectivity index (χ2v) is 2.92. The van der Waals surface area contributed by atoms with Crippen molar-refractivity contribution in [2.24, 2.45) is 11.5 Å². The number of rotatable bonds is 2.